The number of nitrogens with one attached hydrogen (secondary N) is 2. The van der Waals surface area contributed by atoms with Gasteiger partial charge in [0, 0.05) is 11.8 Å². The minimum atomic E-state index is -3.53. The lowest BCUT2D eigenvalue weighted by Gasteiger charge is -2.16. The van der Waals surface area contributed by atoms with Crippen LogP contribution in [0.4, 0.5) is 11.6 Å². The van der Waals surface area contributed by atoms with Crippen molar-refractivity contribution in [1.29, 1.82) is 5.26 Å². The van der Waals surface area contributed by atoms with Crippen LogP contribution in [0, 0.1) is 11.3 Å². The SMILES string of the molecule is CCOc1cncc(-c2ccc(NC(=O)C(CC)c3ccnc(NS(=O)(=O)C4CC4)n3)c(C#N)c2)n1. The van der Waals surface area contributed by atoms with E-state index in [0.717, 1.165) is 0 Å². The maximum Gasteiger partial charge on any atom is 0.237 e. The molecule has 1 atom stereocenters. The van der Waals surface area contributed by atoms with E-state index in [1.807, 2.05) is 13.8 Å². The maximum atomic E-state index is 13.1. The van der Waals surface area contributed by atoms with Gasteiger partial charge in [-0.15, -0.1) is 0 Å². The first-order valence-corrected chi connectivity index (χ1v) is 13.0. The molecule has 1 aliphatic rings. The van der Waals surface area contributed by atoms with E-state index < -0.39 is 21.2 Å². The zero-order chi connectivity index (χ0) is 25.7. The summed E-state index contributed by atoms with van der Waals surface area (Å²) in [4.78, 5) is 29.9. The van der Waals surface area contributed by atoms with Gasteiger partial charge in [0.05, 0.1) is 52.8 Å². The van der Waals surface area contributed by atoms with Crippen molar-refractivity contribution in [1.82, 2.24) is 19.9 Å². The van der Waals surface area contributed by atoms with Gasteiger partial charge in [-0.2, -0.15) is 5.26 Å². The smallest absolute Gasteiger partial charge is 0.237 e. The highest BCUT2D eigenvalue weighted by Crippen LogP contribution is 2.30. The van der Waals surface area contributed by atoms with Crippen LogP contribution in [0.3, 0.4) is 0 Å². The first-order valence-electron chi connectivity index (χ1n) is 11.5. The number of sulfonamides is 1. The molecule has 1 aliphatic carbocycles. The van der Waals surface area contributed by atoms with Crippen LogP contribution in [0.5, 0.6) is 5.88 Å². The summed E-state index contributed by atoms with van der Waals surface area (Å²) in [5.74, 6) is -0.754. The zero-order valence-corrected chi connectivity index (χ0v) is 20.6. The molecular weight excluding hydrogens is 482 g/mol. The van der Waals surface area contributed by atoms with Gasteiger partial charge in [0.1, 0.15) is 6.07 Å². The van der Waals surface area contributed by atoms with Crippen LogP contribution in [0.15, 0.2) is 42.9 Å². The highest BCUT2D eigenvalue weighted by Gasteiger charge is 2.36. The van der Waals surface area contributed by atoms with Gasteiger partial charge < -0.3 is 10.1 Å². The Hall–Kier alpha value is -4.11. The first-order chi connectivity index (χ1) is 17.3. The fraction of sp³-hybridized carbons (Fsp3) is 0.333. The third-order valence-electron chi connectivity index (χ3n) is 5.55. The monoisotopic (exact) mass is 507 g/mol. The molecule has 1 fully saturated rings. The van der Waals surface area contributed by atoms with E-state index in [4.69, 9.17) is 4.74 Å². The normalized spacial score (nSPS) is 13.9. The lowest BCUT2D eigenvalue weighted by atomic mass is 10.00. The highest BCUT2D eigenvalue weighted by molar-refractivity contribution is 7.93. The number of ether oxygens (including phenoxy) is 1. The molecule has 11 nitrogen and oxygen atoms in total. The van der Waals surface area contributed by atoms with E-state index in [2.05, 4.69) is 36.0 Å². The fourth-order valence-corrected chi connectivity index (χ4v) is 4.84. The van der Waals surface area contributed by atoms with E-state index in [0.29, 0.717) is 54.4 Å². The van der Waals surface area contributed by atoms with Crippen molar-refractivity contribution in [2.75, 3.05) is 16.6 Å². The summed E-state index contributed by atoms with van der Waals surface area (Å²) in [6.45, 7) is 4.11. The Labute approximate surface area is 209 Å². The molecule has 1 unspecified atom stereocenters. The van der Waals surface area contributed by atoms with E-state index >= 15 is 0 Å². The fourth-order valence-electron chi connectivity index (χ4n) is 3.56. The molecule has 2 heterocycles. The van der Waals surface area contributed by atoms with E-state index in [-0.39, 0.29) is 17.4 Å². The summed E-state index contributed by atoms with van der Waals surface area (Å²) in [7, 11) is -3.53. The maximum absolute atomic E-state index is 13.1. The van der Waals surface area contributed by atoms with Gasteiger partial charge in [-0.05, 0) is 44.4 Å². The number of carbonyl (C=O) groups is 1. The van der Waals surface area contributed by atoms with Gasteiger partial charge in [0.15, 0.2) is 0 Å². The molecule has 0 bridgehead atoms. The molecule has 1 saturated carbocycles. The van der Waals surface area contributed by atoms with Crippen molar-refractivity contribution in [3.8, 4) is 23.2 Å². The second-order valence-corrected chi connectivity index (χ2v) is 10.1. The summed E-state index contributed by atoms with van der Waals surface area (Å²) in [6.07, 6.45) is 6.11. The number of carbonyl (C=O) groups excluding carboxylic acids is 1. The first kappa shape index (κ1) is 25.0. The minimum Gasteiger partial charge on any atom is -0.477 e. The number of nitrogens with zero attached hydrogens (tertiary/aromatic N) is 5. The minimum absolute atomic E-state index is 0.0666. The Bertz CT molecular complexity index is 1420. The second kappa shape index (κ2) is 10.7. The number of benzene rings is 1. The molecule has 0 saturated heterocycles. The Morgan fingerprint density at radius 3 is 2.72 bits per heavy atom. The van der Waals surface area contributed by atoms with Crippen molar-refractivity contribution in [2.24, 2.45) is 0 Å². The van der Waals surface area contributed by atoms with E-state index in [1.54, 1.807) is 30.5 Å². The Morgan fingerprint density at radius 1 is 1.22 bits per heavy atom. The summed E-state index contributed by atoms with van der Waals surface area (Å²) >= 11 is 0. The molecule has 1 aromatic carbocycles. The predicted octanol–water partition coefficient (Wildman–Crippen LogP) is 3.24. The number of nitriles is 1. The van der Waals surface area contributed by atoms with E-state index in [1.165, 1.54) is 12.4 Å². The molecule has 0 radical (unpaired) electrons. The van der Waals surface area contributed by atoms with E-state index in [9.17, 15) is 18.5 Å². The summed E-state index contributed by atoms with van der Waals surface area (Å²) in [5, 5.41) is 12.1. The van der Waals surface area contributed by atoms with Gasteiger partial charge in [-0.1, -0.05) is 13.0 Å². The Morgan fingerprint density at radius 2 is 2.03 bits per heavy atom. The molecule has 0 spiro atoms. The number of hydrogen-bond donors (Lipinski definition) is 2. The van der Waals surface area contributed by atoms with Gasteiger partial charge in [-0.25, -0.2) is 23.4 Å². The Balaban J connectivity index is 1.53. The molecule has 2 aromatic heterocycles. The van der Waals surface area contributed by atoms with Crippen LogP contribution in [0.25, 0.3) is 11.3 Å². The topological polar surface area (TPSA) is 160 Å². The number of amides is 1. The molecule has 186 valence electrons. The molecule has 12 heteroatoms. The van der Waals surface area contributed by atoms with Gasteiger partial charge in [0.25, 0.3) is 0 Å². The van der Waals surface area contributed by atoms with Crippen LogP contribution >= 0.6 is 0 Å². The van der Waals surface area contributed by atoms with Gasteiger partial charge in [0.2, 0.25) is 27.8 Å². The number of rotatable bonds is 10. The lowest BCUT2D eigenvalue weighted by Crippen LogP contribution is -2.23. The van der Waals surface area contributed by atoms with Crippen molar-refractivity contribution in [2.45, 2.75) is 44.3 Å². The molecule has 2 N–H and O–H groups in total. The van der Waals surface area contributed by atoms with Crippen molar-refractivity contribution >= 4 is 27.6 Å². The predicted molar refractivity (Wildman–Crippen MR) is 133 cm³/mol. The average Bonchev–Trinajstić information content (AvgIpc) is 3.72. The quantitative estimate of drug-likeness (QED) is 0.420. The Kier molecular flexibility index (Phi) is 7.40. The van der Waals surface area contributed by atoms with Crippen molar-refractivity contribution in [3.05, 3.63) is 54.1 Å². The third kappa shape index (κ3) is 5.75. The molecular formula is C24H25N7O4S. The average molecular weight is 508 g/mol. The third-order valence-corrected chi connectivity index (χ3v) is 7.37. The molecule has 4 rings (SSSR count). The highest BCUT2D eigenvalue weighted by atomic mass is 32.2. The molecule has 36 heavy (non-hydrogen) atoms. The van der Waals surface area contributed by atoms with Crippen LogP contribution in [-0.4, -0.2) is 46.1 Å². The standard InChI is InChI=1S/C24H25N7O4S/c1-3-18(20-9-10-27-24(30-20)31-36(33,34)17-6-7-17)23(32)29-19-8-5-15(11-16(19)12-25)21-13-26-14-22(28-21)35-4-2/h5,8-11,13-14,17-18H,3-4,6-7H2,1-2H3,(H,29,32)(H,27,30,31). The van der Waals surface area contributed by atoms with Crippen molar-refractivity contribution in [3.63, 3.8) is 0 Å². The molecule has 3 aromatic rings. The van der Waals surface area contributed by atoms with Crippen LogP contribution in [0.2, 0.25) is 0 Å². The summed E-state index contributed by atoms with van der Waals surface area (Å²) < 4.78 is 32.2. The number of hydrogen-bond acceptors (Lipinski definition) is 9. The summed E-state index contributed by atoms with van der Waals surface area (Å²) in [5.41, 5.74) is 2.14. The summed E-state index contributed by atoms with van der Waals surface area (Å²) in [6, 6.07) is 8.65. The second-order valence-electron chi connectivity index (χ2n) is 8.15. The molecule has 0 aliphatic heterocycles. The number of aromatic nitrogens is 4. The van der Waals surface area contributed by atoms with Crippen LogP contribution in [0.1, 0.15) is 50.3 Å². The lowest BCUT2D eigenvalue weighted by molar-refractivity contribution is -0.117. The van der Waals surface area contributed by atoms with Crippen molar-refractivity contribution < 1.29 is 17.9 Å². The van der Waals surface area contributed by atoms with Gasteiger partial charge >= 0.3 is 0 Å². The molecule has 1 amide bonds. The zero-order valence-electron chi connectivity index (χ0n) is 19.8. The largest absolute Gasteiger partial charge is 0.477 e. The van der Waals surface area contributed by atoms with Crippen LogP contribution < -0.4 is 14.8 Å². The number of anilines is 2. The van der Waals surface area contributed by atoms with Gasteiger partial charge in [-0.3, -0.25) is 14.5 Å². The van der Waals surface area contributed by atoms with Crippen LogP contribution in [-0.2, 0) is 14.8 Å².